The molecule has 0 fully saturated rings. The molecule has 3 aliphatic rings. The summed E-state index contributed by atoms with van der Waals surface area (Å²) in [6, 6.07) is 55.7. The molecule has 0 bridgehead atoms. The molecule has 5 heteroatoms. The number of anilines is 2. The van der Waals surface area contributed by atoms with E-state index in [1.807, 2.05) is 12.1 Å². The van der Waals surface area contributed by atoms with Crippen LogP contribution in [0.2, 0.25) is 0 Å². The van der Waals surface area contributed by atoms with Crippen molar-refractivity contribution in [1.82, 2.24) is 19.1 Å². The van der Waals surface area contributed by atoms with Crippen molar-refractivity contribution in [2.24, 2.45) is 0 Å². The first-order valence-corrected chi connectivity index (χ1v) is 17.4. The highest BCUT2D eigenvalue weighted by Gasteiger charge is 2.47. The second-order valence-corrected chi connectivity index (χ2v) is 13.2. The monoisotopic (exact) mass is 652 g/mol. The van der Waals surface area contributed by atoms with Gasteiger partial charge in [-0.25, -0.2) is 0 Å². The van der Waals surface area contributed by atoms with Crippen molar-refractivity contribution >= 4 is 56.1 Å². The molecule has 0 saturated heterocycles. The number of hydrogen-bond donors (Lipinski definition) is 0. The van der Waals surface area contributed by atoms with Crippen LogP contribution in [0, 0.1) is 0 Å². The molecule has 2 aromatic heterocycles. The largest absolute Gasteiger partial charge is 0.439 e. The van der Waals surface area contributed by atoms with E-state index < -0.39 is 0 Å². The van der Waals surface area contributed by atoms with Gasteiger partial charge in [0.15, 0.2) is 11.4 Å². The van der Waals surface area contributed by atoms with E-state index in [-0.39, 0.29) is 6.04 Å². The second-order valence-electron chi connectivity index (χ2n) is 13.2. The molecule has 0 N–H and O–H groups in total. The topological polar surface area (TPSA) is 37.0 Å². The Hall–Kier alpha value is -6.85. The number of para-hydroxylation sites is 4. The van der Waals surface area contributed by atoms with Crippen molar-refractivity contribution < 1.29 is 0 Å². The van der Waals surface area contributed by atoms with Crippen molar-refractivity contribution in [3.8, 4) is 28.2 Å². The van der Waals surface area contributed by atoms with Gasteiger partial charge in [-0.05, 0) is 54.1 Å². The normalized spacial score (nSPS) is 15.6. The van der Waals surface area contributed by atoms with E-state index in [9.17, 15) is 0 Å². The van der Waals surface area contributed by atoms with Crippen LogP contribution >= 0.6 is 0 Å². The predicted molar refractivity (Wildman–Crippen MR) is 210 cm³/mol. The summed E-state index contributed by atoms with van der Waals surface area (Å²) in [7, 11) is 0. The molecule has 1 aliphatic carbocycles. The molecular weight excluding hydrogens is 623 g/mol. The number of benzene rings is 6. The minimum absolute atomic E-state index is 0.0477. The Morgan fingerprint density at radius 2 is 1.22 bits per heavy atom. The van der Waals surface area contributed by atoms with Gasteiger partial charge >= 0.3 is 5.95 Å². The second kappa shape index (κ2) is 10.8. The minimum atomic E-state index is -0.0477. The fraction of sp³-hybridized carbons (Fsp3) is 0.0217. The molecule has 0 amide bonds. The Morgan fingerprint density at radius 3 is 1.96 bits per heavy atom. The summed E-state index contributed by atoms with van der Waals surface area (Å²) in [5.41, 5.74) is 14.6. The van der Waals surface area contributed by atoms with Crippen LogP contribution in [0.25, 0.3) is 55.6 Å². The fourth-order valence-electron chi connectivity index (χ4n) is 8.35. The maximum atomic E-state index is 5.31. The minimum Gasteiger partial charge on any atom is -0.323 e. The number of allylic oxidation sites excluding steroid dienone is 2. The number of nitrogens with zero attached hydrogens (tertiary/aromatic N) is 5. The van der Waals surface area contributed by atoms with Gasteiger partial charge in [0, 0.05) is 39.2 Å². The third kappa shape index (κ3) is 4.06. The highest BCUT2D eigenvalue weighted by atomic mass is 15.3. The van der Waals surface area contributed by atoms with Gasteiger partial charge < -0.3 is 9.47 Å². The standard InChI is InChI=1S/C46H30N5/c1-4-15-30(16-5-1)35-29-36(31-17-6-2-7-18-31)48-46(47-35)51-39-25-13-12-24-38(39)50-41-28-27-40-43(44(41)34-22-14-26-42(51)45(34)50)33-21-10-11-23-37(33)49(40)32-19-8-3-9-20-32/h1-29,45H/q+1. The molecule has 238 valence electrons. The number of aromatic nitrogens is 3. The SMILES string of the molecule is C1=CC2=[N+](c3nc(-c4ccccc4)cc(-c4ccccc4)n3)c3ccccc3N3c4ccc5c(c4C(=C1)C23)c1ccccc1n5-c1ccccc1. The van der Waals surface area contributed by atoms with Crippen LogP contribution in [-0.2, 0) is 0 Å². The zero-order chi connectivity index (χ0) is 33.5. The average Bonchev–Trinajstić information content (AvgIpc) is 3.73. The van der Waals surface area contributed by atoms with Crippen LogP contribution in [0.4, 0.5) is 23.0 Å². The van der Waals surface area contributed by atoms with Gasteiger partial charge in [-0.3, -0.25) is 0 Å². The maximum Gasteiger partial charge on any atom is 0.439 e. The highest BCUT2D eigenvalue weighted by Crippen LogP contribution is 2.55. The van der Waals surface area contributed by atoms with Gasteiger partial charge in [0.1, 0.15) is 17.4 Å². The van der Waals surface area contributed by atoms with Gasteiger partial charge in [0.25, 0.3) is 0 Å². The smallest absolute Gasteiger partial charge is 0.323 e. The summed E-state index contributed by atoms with van der Waals surface area (Å²) >= 11 is 0. The first-order valence-electron chi connectivity index (χ1n) is 17.4. The summed E-state index contributed by atoms with van der Waals surface area (Å²) in [5, 5.41) is 2.53. The Kier molecular flexibility index (Phi) is 5.95. The molecule has 4 heterocycles. The van der Waals surface area contributed by atoms with E-state index in [1.54, 1.807) is 0 Å². The van der Waals surface area contributed by atoms with Gasteiger partial charge in [0.05, 0.1) is 22.4 Å². The van der Waals surface area contributed by atoms with Gasteiger partial charge in [-0.2, -0.15) is 4.58 Å². The molecule has 6 aromatic carbocycles. The molecule has 0 saturated carbocycles. The van der Waals surface area contributed by atoms with Crippen molar-refractivity contribution in [3.05, 3.63) is 182 Å². The first kappa shape index (κ1) is 28.0. The van der Waals surface area contributed by atoms with Gasteiger partial charge in [0.2, 0.25) is 0 Å². The third-order valence-corrected chi connectivity index (χ3v) is 10.4. The van der Waals surface area contributed by atoms with E-state index >= 15 is 0 Å². The van der Waals surface area contributed by atoms with Crippen LogP contribution in [0.3, 0.4) is 0 Å². The fourth-order valence-corrected chi connectivity index (χ4v) is 8.35. The third-order valence-electron chi connectivity index (χ3n) is 10.4. The first-order chi connectivity index (χ1) is 25.3. The van der Waals surface area contributed by atoms with Gasteiger partial charge in [-0.1, -0.05) is 131 Å². The quantitative estimate of drug-likeness (QED) is 0.178. The molecule has 5 nitrogen and oxygen atoms in total. The zero-order valence-corrected chi connectivity index (χ0v) is 27.6. The van der Waals surface area contributed by atoms with Crippen LogP contribution in [0.15, 0.2) is 176 Å². The summed E-state index contributed by atoms with van der Waals surface area (Å²) in [6.45, 7) is 0. The van der Waals surface area contributed by atoms with Crippen molar-refractivity contribution in [3.63, 3.8) is 0 Å². The molecule has 8 aromatic rings. The van der Waals surface area contributed by atoms with Crippen LogP contribution in [0.1, 0.15) is 5.56 Å². The average molecular weight is 653 g/mol. The molecule has 51 heavy (non-hydrogen) atoms. The van der Waals surface area contributed by atoms with E-state index in [0.717, 1.165) is 45.3 Å². The molecule has 0 spiro atoms. The van der Waals surface area contributed by atoms with E-state index in [0.29, 0.717) is 5.95 Å². The summed E-state index contributed by atoms with van der Waals surface area (Å²) < 4.78 is 4.69. The molecule has 1 unspecified atom stereocenters. The number of rotatable bonds is 4. The maximum absolute atomic E-state index is 5.31. The zero-order valence-electron chi connectivity index (χ0n) is 27.6. The lowest BCUT2D eigenvalue weighted by molar-refractivity contribution is 0.884. The van der Waals surface area contributed by atoms with E-state index in [4.69, 9.17) is 9.97 Å². The van der Waals surface area contributed by atoms with Crippen molar-refractivity contribution in [2.75, 3.05) is 4.90 Å². The van der Waals surface area contributed by atoms with Crippen molar-refractivity contribution in [2.45, 2.75) is 6.04 Å². The number of hydrogen-bond acceptors (Lipinski definition) is 3. The van der Waals surface area contributed by atoms with E-state index in [2.05, 4.69) is 178 Å². The lowest BCUT2D eigenvalue weighted by Gasteiger charge is -2.35. The lowest BCUT2D eigenvalue weighted by Crippen LogP contribution is -2.43. The Labute approximate surface area is 295 Å². The summed E-state index contributed by atoms with van der Waals surface area (Å²) in [4.78, 5) is 13.1. The molecule has 1 atom stereocenters. The summed E-state index contributed by atoms with van der Waals surface area (Å²) in [5.74, 6) is 0.657. The Bertz CT molecular complexity index is 2740. The van der Waals surface area contributed by atoms with E-state index in [1.165, 1.54) is 38.6 Å². The molecule has 11 rings (SSSR count). The van der Waals surface area contributed by atoms with Crippen LogP contribution in [-0.4, -0.2) is 26.3 Å². The molecule has 0 radical (unpaired) electrons. The van der Waals surface area contributed by atoms with Crippen molar-refractivity contribution in [1.29, 1.82) is 0 Å². The Balaban J connectivity index is 1.19. The summed E-state index contributed by atoms with van der Waals surface area (Å²) in [6.07, 6.45) is 6.75. The van der Waals surface area contributed by atoms with Gasteiger partial charge in [-0.15, -0.1) is 0 Å². The predicted octanol–water partition coefficient (Wildman–Crippen LogP) is 10.7. The lowest BCUT2D eigenvalue weighted by atomic mass is 9.90. The molecular formula is C46H30N5+. The van der Waals surface area contributed by atoms with Crippen LogP contribution < -0.4 is 9.48 Å². The molecule has 2 aliphatic heterocycles. The Morgan fingerprint density at radius 1 is 0.569 bits per heavy atom. The highest BCUT2D eigenvalue weighted by molar-refractivity contribution is 6.26. The number of fused-ring (bicyclic) bond motifs is 9. The van der Waals surface area contributed by atoms with Crippen LogP contribution in [0.5, 0.6) is 0 Å².